The molecule has 0 aliphatic heterocycles. The highest BCUT2D eigenvalue weighted by Crippen LogP contribution is 2.26. The van der Waals surface area contributed by atoms with E-state index in [2.05, 4.69) is 9.97 Å². The molecule has 0 spiro atoms. The fourth-order valence-electron chi connectivity index (χ4n) is 1.73. The van der Waals surface area contributed by atoms with E-state index in [-0.39, 0.29) is 17.4 Å². The summed E-state index contributed by atoms with van der Waals surface area (Å²) < 4.78 is 0. The highest BCUT2D eigenvalue weighted by Gasteiger charge is 2.15. The van der Waals surface area contributed by atoms with Crippen LogP contribution in [-0.4, -0.2) is 21.6 Å². The molecule has 19 heavy (non-hydrogen) atoms. The van der Waals surface area contributed by atoms with Crippen molar-refractivity contribution in [3.63, 3.8) is 0 Å². The number of aromatic amines is 1. The Balaban J connectivity index is 2.57. The molecular weight excluding hydrogens is 266 g/mol. The van der Waals surface area contributed by atoms with Gasteiger partial charge in [0.15, 0.2) is 0 Å². The fraction of sp³-hybridized carbons (Fsp3) is 0.231. The van der Waals surface area contributed by atoms with Crippen molar-refractivity contribution in [2.45, 2.75) is 12.8 Å². The maximum absolute atomic E-state index is 12.1. The van der Waals surface area contributed by atoms with Gasteiger partial charge in [-0.3, -0.25) is 4.79 Å². The number of hydrogen-bond acceptors (Lipinski definition) is 4. The number of nitrogens with two attached hydrogens (primary N) is 1. The largest absolute Gasteiger partial charge is 0.493 e. The second kappa shape index (κ2) is 5.42. The van der Waals surface area contributed by atoms with Gasteiger partial charge in [-0.15, -0.1) is 0 Å². The molecule has 1 unspecified atom stereocenters. The molecule has 100 valence electrons. The lowest BCUT2D eigenvalue weighted by atomic mass is 10.1. The van der Waals surface area contributed by atoms with Gasteiger partial charge in [0, 0.05) is 17.5 Å². The third kappa shape index (κ3) is 2.77. The first-order valence-electron chi connectivity index (χ1n) is 5.82. The van der Waals surface area contributed by atoms with Crippen molar-refractivity contribution in [2.24, 2.45) is 5.73 Å². The van der Waals surface area contributed by atoms with Crippen LogP contribution in [0.25, 0.3) is 11.1 Å². The van der Waals surface area contributed by atoms with Crippen LogP contribution in [0.3, 0.4) is 0 Å². The molecule has 1 heterocycles. The molecular formula is C13H14ClN3O2. The van der Waals surface area contributed by atoms with E-state index in [1.54, 1.807) is 24.3 Å². The standard InChI is InChI=1S/C13H14ClN3O2/c1-7(6-15)11-16-12(18)10(13(19)17-11)8-3-2-4-9(14)5-8/h2-5,7H,6,15H2,1H3,(H2,16,17,18,19). The SMILES string of the molecule is CC(CN)c1nc(O)c(-c2cccc(Cl)c2)c(=O)[nH]1. The molecule has 0 saturated carbocycles. The van der Waals surface area contributed by atoms with Crippen LogP contribution in [0.1, 0.15) is 18.7 Å². The summed E-state index contributed by atoms with van der Waals surface area (Å²) in [6.07, 6.45) is 0. The molecule has 0 aliphatic carbocycles. The highest BCUT2D eigenvalue weighted by atomic mass is 35.5. The molecule has 4 N–H and O–H groups in total. The van der Waals surface area contributed by atoms with Crippen molar-refractivity contribution in [3.05, 3.63) is 45.5 Å². The van der Waals surface area contributed by atoms with Crippen LogP contribution in [0, 0.1) is 0 Å². The van der Waals surface area contributed by atoms with Crippen molar-refractivity contribution in [1.82, 2.24) is 9.97 Å². The molecule has 0 radical (unpaired) electrons. The minimum absolute atomic E-state index is 0.107. The van der Waals surface area contributed by atoms with Gasteiger partial charge in [-0.05, 0) is 17.7 Å². The zero-order valence-corrected chi connectivity index (χ0v) is 11.1. The third-order valence-electron chi connectivity index (χ3n) is 2.85. The lowest BCUT2D eigenvalue weighted by Crippen LogP contribution is -2.19. The summed E-state index contributed by atoms with van der Waals surface area (Å²) in [6.45, 7) is 2.15. The maximum atomic E-state index is 12.1. The van der Waals surface area contributed by atoms with Crippen LogP contribution in [0.15, 0.2) is 29.1 Å². The lowest BCUT2D eigenvalue weighted by Gasteiger charge is -2.10. The number of nitrogens with one attached hydrogen (secondary N) is 1. The average molecular weight is 280 g/mol. The normalized spacial score (nSPS) is 12.4. The van der Waals surface area contributed by atoms with Crippen molar-refractivity contribution in [1.29, 1.82) is 0 Å². The smallest absolute Gasteiger partial charge is 0.262 e. The first kappa shape index (κ1) is 13.6. The fourth-order valence-corrected chi connectivity index (χ4v) is 1.92. The topological polar surface area (TPSA) is 92.0 Å². The second-order valence-corrected chi connectivity index (χ2v) is 4.73. The number of aromatic hydroxyl groups is 1. The van der Waals surface area contributed by atoms with Gasteiger partial charge < -0.3 is 15.8 Å². The molecule has 1 aromatic carbocycles. The first-order valence-corrected chi connectivity index (χ1v) is 6.20. The zero-order valence-electron chi connectivity index (χ0n) is 10.4. The summed E-state index contributed by atoms with van der Waals surface area (Å²) in [5.41, 5.74) is 5.73. The Hall–Kier alpha value is -1.85. The van der Waals surface area contributed by atoms with Crippen LogP contribution in [-0.2, 0) is 0 Å². The molecule has 0 amide bonds. The Morgan fingerprint density at radius 2 is 2.26 bits per heavy atom. The Morgan fingerprint density at radius 3 is 2.84 bits per heavy atom. The van der Waals surface area contributed by atoms with Crippen molar-refractivity contribution < 1.29 is 5.11 Å². The Kier molecular flexibility index (Phi) is 3.87. The third-order valence-corrected chi connectivity index (χ3v) is 3.09. The van der Waals surface area contributed by atoms with E-state index in [4.69, 9.17) is 17.3 Å². The predicted octanol–water partition coefficient (Wildman–Crippen LogP) is 1.86. The summed E-state index contributed by atoms with van der Waals surface area (Å²) in [6, 6.07) is 6.67. The number of nitrogens with zero attached hydrogens (tertiary/aromatic N) is 1. The average Bonchev–Trinajstić information content (AvgIpc) is 2.37. The number of halogens is 1. The van der Waals surface area contributed by atoms with Gasteiger partial charge in [0.05, 0.1) is 0 Å². The number of H-pyrrole nitrogens is 1. The predicted molar refractivity (Wildman–Crippen MR) is 74.4 cm³/mol. The van der Waals surface area contributed by atoms with E-state index >= 15 is 0 Å². The zero-order chi connectivity index (χ0) is 14.0. The molecule has 5 nitrogen and oxygen atoms in total. The van der Waals surface area contributed by atoms with Gasteiger partial charge >= 0.3 is 0 Å². The molecule has 0 bridgehead atoms. The van der Waals surface area contributed by atoms with E-state index in [1.165, 1.54) is 0 Å². The summed E-state index contributed by atoms with van der Waals surface area (Å²) >= 11 is 5.87. The molecule has 2 rings (SSSR count). The summed E-state index contributed by atoms with van der Waals surface area (Å²) in [5.74, 6) is -0.0795. The number of hydrogen-bond donors (Lipinski definition) is 3. The van der Waals surface area contributed by atoms with E-state index in [9.17, 15) is 9.90 Å². The Labute approximate surface area is 115 Å². The van der Waals surface area contributed by atoms with Crippen LogP contribution < -0.4 is 11.3 Å². The summed E-state index contributed by atoms with van der Waals surface area (Å²) in [5, 5.41) is 10.4. The molecule has 2 aromatic rings. The monoisotopic (exact) mass is 279 g/mol. The Bertz CT molecular complexity index is 655. The van der Waals surface area contributed by atoms with Crippen LogP contribution in [0.4, 0.5) is 0 Å². The van der Waals surface area contributed by atoms with Crippen molar-refractivity contribution >= 4 is 11.6 Å². The number of benzene rings is 1. The van der Waals surface area contributed by atoms with Crippen LogP contribution in [0.2, 0.25) is 5.02 Å². The first-order chi connectivity index (χ1) is 9.02. The summed E-state index contributed by atoms with van der Waals surface area (Å²) in [7, 11) is 0. The number of aromatic nitrogens is 2. The molecule has 1 aromatic heterocycles. The van der Waals surface area contributed by atoms with E-state index in [1.807, 2.05) is 6.92 Å². The highest BCUT2D eigenvalue weighted by molar-refractivity contribution is 6.30. The summed E-state index contributed by atoms with van der Waals surface area (Å²) in [4.78, 5) is 18.7. The maximum Gasteiger partial charge on any atom is 0.262 e. The van der Waals surface area contributed by atoms with E-state index in [0.29, 0.717) is 23.0 Å². The van der Waals surface area contributed by atoms with E-state index < -0.39 is 5.56 Å². The van der Waals surface area contributed by atoms with E-state index in [0.717, 1.165) is 0 Å². The van der Waals surface area contributed by atoms with Gasteiger partial charge in [-0.25, -0.2) is 0 Å². The molecule has 0 saturated heterocycles. The van der Waals surface area contributed by atoms with Crippen molar-refractivity contribution in [3.8, 4) is 17.0 Å². The second-order valence-electron chi connectivity index (χ2n) is 4.30. The van der Waals surface area contributed by atoms with Gasteiger partial charge in [0.1, 0.15) is 11.4 Å². The van der Waals surface area contributed by atoms with Crippen molar-refractivity contribution in [2.75, 3.05) is 6.54 Å². The molecule has 1 atom stereocenters. The van der Waals surface area contributed by atoms with Crippen LogP contribution >= 0.6 is 11.6 Å². The minimum Gasteiger partial charge on any atom is -0.493 e. The minimum atomic E-state index is -0.412. The van der Waals surface area contributed by atoms with Gasteiger partial charge in [-0.2, -0.15) is 4.98 Å². The van der Waals surface area contributed by atoms with Gasteiger partial charge in [-0.1, -0.05) is 30.7 Å². The quantitative estimate of drug-likeness (QED) is 0.799. The molecule has 0 aliphatic rings. The Morgan fingerprint density at radius 1 is 1.53 bits per heavy atom. The lowest BCUT2D eigenvalue weighted by molar-refractivity contribution is 0.447. The van der Waals surface area contributed by atoms with Crippen LogP contribution in [0.5, 0.6) is 5.88 Å². The van der Waals surface area contributed by atoms with Gasteiger partial charge in [0.2, 0.25) is 5.88 Å². The number of rotatable bonds is 3. The molecule has 0 fully saturated rings. The molecule has 6 heteroatoms. The van der Waals surface area contributed by atoms with Gasteiger partial charge in [0.25, 0.3) is 5.56 Å².